The second kappa shape index (κ2) is 10.4. The average Bonchev–Trinajstić information content (AvgIpc) is 3.29. The van der Waals surface area contributed by atoms with Gasteiger partial charge in [-0.1, -0.05) is 19.1 Å². The number of carbonyl (C=O) groups excluding carboxylic acids is 2. The smallest absolute Gasteiger partial charge is 0.341 e. The summed E-state index contributed by atoms with van der Waals surface area (Å²) in [5, 5.41) is 14.5. The number of aromatic carboxylic acids is 1. The predicted octanol–water partition coefficient (Wildman–Crippen LogP) is 5.40. The van der Waals surface area contributed by atoms with Gasteiger partial charge in [0.25, 0.3) is 0 Å². The van der Waals surface area contributed by atoms with E-state index in [1.54, 1.807) is 23.2 Å². The zero-order chi connectivity index (χ0) is 26.0. The Labute approximate surface area is 211 Å². The number of carbonyl (C=O) groups is 3. The largest absolute Gasteiger partial charge is 0.477 e. The third-order valence-corrected chi connectivity index (χ3v) is 6.87. The number of rotatable bonds is 7. The van der Waals surface area contributed by atoms with Crippen LogP contribution in [0.5, 0.6) is 0 Å². The molecule has 0 atom stereocenters. The van der Waals surface area contributed by atoms with Crippen molar-refractivity contribution in [2.75, 3.05) is 4.90 Å². The third-order valence-electron chi connectivity index (χ3n) is 6.87. The molecular weight excluding hydrogens is 456 g/mol. The van der Waals surface area contributed by atoms with Gasteiger partial charge in [-0.05, 0) is 76.6 Å². The molecule has 3 aromatic rings. The van der Waals surface area contributed by atoms with Gasteiger partial charge in [0.1, 0.15) is 5.56 Å². The number of anilines is 1. The summed E-state index contributed by atoms with van der Waals surface area (Å²) in [7, 11) is 0. The highest BCUT2D eigenvalue weighted by Gasteiger charge is 2.34. The van der Waals surface area contributed by atoms with E-state index in [1.807, 2.05) is 38.1 Å². The Balaban J connectivity index is 1.64. The molecule has 4 rings (SSSR count). The molecule has 1 aliphatic rings. The van der Waals surface area contributed by atoms with Gasteiger partial charge in [0.2, 0.25) is 5.91 Å². The number of nitrogens with zero attached hydrogens (tertiary/aromatic N) is 4. The molecule has 8 heteroatoms. The van der Waals surface area contributed by atoms with E-state index in [0.717, 1.165) is 36.9 Å². The Kier molecular flexibility index (Phi) is 7.33. The standard InChI is InChI=1S/C28H32N4O4/c1-17(2)32(27(34)21-7-5-18(3)6-8-21)26-24(28(35)36)16-31(30-26)23-12-9-20(10-13-23)25-14-11-22(15-29-25)19(4)33/h9-18,21H,5-8H2,1-4H3,(H,35,36). The SMILES string of the molecule is CC(=O)c1ccc(-c2ccc(-n3cc(C(=O)O)c(N(C(=O)C4CCC(C)CC4)C(C)C)n3)cc2)nc1. The molecule has 1 amide bonds. The van der Waals surface area contributed by atoms with Crippen LogP contribution in [-0.2, 0) is 4.79 Å². The molecule has 1 aromatic carbocycles. The van der Waals surface area contributed by atoms with Crippen LogP contribution in [0.15, 0.2) is 48.8 Å². The molecule has 0 radical (unpaired) electrons. The zero-order valence-electron chi connectivity index (χ0n) is 21.1. The van der Waals surface area contributed by atoms with E-state index in [4.69, 9.17) is 0 Å². The predicted molar refractivity (Wildman–Crippen MR) is 138 cm³/mol. The van der Waals surface area contributed by atoms with E-state index in [-0.39, 0.29) is 35.0 Å². The van der Waals surface area contributed by atoms with Crippen LogP contribution in [0.25, 0.3) is 16.9 Å². The first kappa shape index (κ1) is 25.3. The van der Waals surface area contributed by atoms with Crippen molar-refractivity contribution in [2.45, 2.75) is 59.4 Å². The highest BCUT2D eigenvalue weighted by molar-refractivity contribution is 6.01. The fraction of sp³-hybridized carbons (Fsp3) is 0.393. The van der Waals surface area contributed by atoms with E-state index in [1.165, 1.54) is 17.8 Å². The van der Waals surface area contributed by atoms with Crippen LogP contribution in [0, 0.1) is 11.8 Å². The molecule has 8 nitrogen and oxygen atoms in total. The Morgan fingerprint density at radius 1 is 1.03 bits per heavy atom. The summed E-state index contributed by atoms with van der Waals surface area (Å²) in [6.07, 6.45) is 6.64. The molecule has 1 saturated carbocycles. The lowest BCUT2D eigenvalue weighted by Crippen LogP contribution is -2.43. The van der Waals surface area contributed by atoms with Crippen molar-refractivity contribution in [1.29, 1.82) is 0 Å². The highest BCUT2D eigenvalue weighted by atomic mass is 16.4. The minimum Gasteiger partial charge on any atom is -0.477 e. The second-order valence-electron chi connectivity index (χ2n) is 9.91. The summed E-state index contributed by atoms with van der Waals surface area (Å²) in [4.78, 5) is 43.0. The van der Waals surface area contributed by atoms with Gasteiger partial charge in [-0.3, -0.25) is 19.5 Å². The van der Waals surface area contributed by atoms with Gasteiger partial charge >= 0.3 is 5.97 Å². The van der Waals surface area contributed by atoms with Crippen molar-refractivity contribution in [3.63, 3.8) is 0 Å². The third kappa shape index (κ3) is 5.22. The molecule has 188 valence electrons. The van der Waals surface area contributed by atoms with Gasteiger partial charge in [0.05, 0.1) is 11.4 Å². The number of hydrogen-bond donors (Lipinski definition) is 1. The lowest BCUT2D eigenvalue weighted by molar-refractivity contribution is -0.124. The molecule has 1 N–H and O–H groups in total. The van der Waals surface area contributed by atoms with Crippen molar-refractivity contribution in [3.05, 3.63) is 59.9 Å². The van der Waals surface area contributed by atoms with Crippen molar-refractivity contribution >= 4 is 23.5 Å². The number of aromatic nitrogens is 3. The molecule has 0 saturated heterocycles. The minimum atomic E-state index is -1.13. The molecule has 0 bridgehead atoms. The summed E-state index contributed by atoms with van der Waals surface area (Å²) in [5.41, 5.74) is 2.78. The fourth-order valence-electron chi connectivity index (χ4n) is 4.69. The normalized spacial score (nSPS) is 17.7. The van der Waals surface area contributed by atoms with Crippen LogP contribution in [0.1, 0.15) is 74.1 Å². The monoisotopic (exact) mass is 488 g/mol. The summed E-state index contributed by atoms with van der Waals surface area (Å²) in [6, 6.07) is 10.7. The lowest BCUT2D eigenvalue weighted by Gasteiger charge is -2.32. The number of carboxylic acid groups (broad SMARTS) is 1. The maximum absolute atomic E-state index is 13.5. The number of ketones is 1. The first-order valence-electron chi connectivity index (χ1n) is 12.4. The van der Waals surface area contributed by atoms with Crippen molar-refractivity contribution in [3.8, 4) is 16.9 Å². The second-order valence-corrected chi connectivity index (χ2v) is 9.91. The van der Waals surface area contributed by atoms with Gasteiger partial charge in [0.15, 0.2) is 11.6 Å². The van der Waals surface area contributed by atoms with E-state index >= 15 is 0 Å². The number of benzene rings is 1. The average molecular weight is 489 g/mol. The van der Waals surface area contributed by atoms with Gasteiger partial charge in [-0.2, -0.15) is 0 Å². The molecule has 0 spiro atoms. The molecule has 1 aliphatic carbocycles. The number of pyridine rings is 1. The number of hydrogen-bond acceptors (Lipinski definition) is 5. The molecule has 0 unspecified atom stereocenters. The summed E-state index contributed by atoms with van der Waals surface area (Å²) >= 11 is 0. The van der Waals surface area contributed by atoms with E-state index in [9.17, 15) is 19.5 Å². The Morgan fingerprint density at radius 2 is 1.69 bits per heavy atom. The maximum Gasteiger partial charge on any atom is 0.341 e. The first-order chi connectivity index (χ1) is 17.2. The van der Waals surface area contributed by atoms with Crippen molar-refractivity contribution in [2.24, 2.45) is 11.8 Å². The Bertz CT molecular complexity index is 1250. The van der Waals surface area contributed by atoms with Gasteiger partial charge in [-0.15, -0.1) is 5.10 Å². The molecule has 2 heterocycles. The van der Waals surface area contributed by atoms with E-state index in [0.29, 0.717) is 17.2 Å². The van der Waals surface area contributed by atoms with Crippen LogP contribution in [0.2, 0.25) is 0 Å². The van der Waals surface area contributed by atoms with Crippen LogP contribution in [0.4, 0.5) is 5.82 Å². The number of Topliss-reactive ketones (excluding diaryl/α,β-unsaturated/α-hetero) is 1. The number of amides is 1. The summed E-state index contributed by atoms with van der Waals surface area (Å²) in [5.74, 6) is -0.553. The number of carboxylic acids is 1. The Hall–Kier alpha value is -3.81. The molecule has 2 aromatic heterocycles. The maximum atomic E-state index is 13.5. The molecular formula is C28H32N4O4. The summed E-state index contributed by atoms with van der Waals surface area (Å²) in [6.45, 7) is 7.47. The molecule has 0 aliphatic heterocycles. The van der Waals surface area contributed by atoms with Gasteiger partial charge < -0.3 is 5.11 Å². The van der Waals surface area contributed by atoms with E-state index in [2.05, 4.69) is 17.0 Å². The van der Waals surface area contributed by atoms with Crippen LogP contribution in [0.3, 0.4) is 0 Å². The zero-order valence-corrected chi connectivity index (χ0v) is 21.1. The first-order valence-corrected chi connectivity index (χ1v) is 12.4. The van der Waals surface area contributed by atoms with Gasteiger partial charge in [0, 0.05) is 35.5 Å². The minimum absolute atomic E-state index is 0.00760. The quantitative estimate of drug-likeness (QED) is 0.446. The van der Waals surface area contributed by atoms with Crippen LogP contribution in [-0.4, -0.2) is 43.6 Å². The molecule has 1 fully saturated rings. The van der Waals surface area contributed by atoms with E-state index < -0.39 is 5.97 Å². The topological polar surface area (TPSA) is 105 Å². The highest BCUT2D eigenvalue weighted by Crippen LogP contribution is 2.33. The van der Waals surface area contributed by atoms with Crippen molar-refractivity contribution in [1.82, 2.24) is 14.8 Å². The van der Waals surface area contributed by atoms with Crippen LogP contribution >= 0.6 is 0 Å². The molecule has 36 heavy (non-hydrogen) atoms. The fourth-order valence-corrected chi connectivity index (χ4v) is 4.69. The lowest BCUT2D eigenvalue weighted by atomic mass is 9.82. The van der Waals surface area contributed by atoms with Crippen LogP contribution < -0.4 is 4.90 Å². The Morgan fingerprint density at radius 3 is 2.22 bits per heavy atom. The van der Waals surface area contributed by atoms with Gasteiger partial charge in [-0.25, -0.2) is 9.48 Å². The summed E-state index contributed by atoms with van der Waals surface area (Å²) < 4.78 is 1.50. The van der Waals surface area contributed by atoms with Crippen molar-refractivity contribution < 1.29 is 19.5 Å².